The van der Waals surface area contributed by atoms with E-state index in [2.05, 4.69) is 21.9 Å². The number of carboxylic acid groups (broad SMARTS) is 1. The maximum Gasteiger partial charge on any atom is 0.358 e. The molecule has 0 fully saturated rings. The van der Waals surface area contributed by atoms with Crippen LogP contribution in [0.25, 0.3) is 0 Å². The zero-order valence-corrected chi connectivity index (χ0v) is 9.33. The molecule has 1 heterocycles. The molecular weight excluding hydrogens is 216 g/mol. The Kier molecular flexibility index (Phi) is 5.13. The first kappa shape index (κ1) is 12.0. The van der Waals surface area contributed by atoms with E-state index in [9.17, 15) is 4.79 Å². The first-order chi connectivity index (χ1) is 7.24. The average Bonchev–Trinajstić information content (AvgIpc) is 2.66. The van der Waals surface area contributed by atoms with Crippen LogP contribution in [0.2, 0.25) is 0 Å². The van der Waals surface area contributed by atoms with Gasteiger partial charge >= 0.3 is 5.97 Å². The summed E-state index contributed by atoms with van der Waals surface area (Å²) >= 11 is 1.78. The molecule has 2 N–H and O–H groups in total. The van der Waals surface area contributed by atoms with Gasteiger partial charge in [0.25, 0.3) is 0 Å². The van der Waals surface area contributed by atoms with Gasteiger partial charge < -0.3 is 10.4 Å². The lowest BCUT2D eigenvalue weighted by atomic mass is 10.5. The van der Waals surface area contributed by atoms with Gasteiger partial charge in [-0.25, -0.2) is 4.79 Å². The van der Waals surface area contributed by atoms with Crippen molar-refractivity contribution >= 4 is 17.7 Å². The van der Waals surface area contributed by atoms with Crippen molar-refractivity contribution < 1.29 is 9.90 Å². The van der Waals surface area contributed by atoms with E-state index in [0.29, 0.717) is 6.54 Å². The Morgan fingerprint density at radius 1 is 1.67 bits per heavy atom. The molecule has 1 aromatic rings. The van der Waals surface area contributed by atoms with Gasteiger partial charge in [-0.2, -0.15) is 11.8 Å². The van der Waals surface area contributed by atoms with E-state index in [1.54, 1.807) is 11.8 Å². The van der Waals surface area contributed by atoms with Crippen molar-refractivity contribution in [3.05, 3.63) is 11.9 Å². The molecule has 84 valence electrons. The molecule has 0 aliphatic rings. The first-order valence-electron chi connectivity index (χ1n) is 4.57. The van der Waals surface area contributed by atoms with Gasteiger partial charge in [0.15, 0.2) is 5.69 Å². The summed E-state index contributed by atoms with van der Waals surface area (Å²) in [4.78, 5) is 10.5. The standard InChI is InChI=1S/C8H14N4O2S/c1-15-5-3-9-2-4-12-6-7(8(13)14)10-11-12/h6,9H,2-5H2,1H3,(H,13,14). The van der Waals surface area contributed by atoms with E-state index >= 15 is 0 Å². The Labute approximate surface area is 92.0 Å². The second-order valence-electron chi connectivity index (χ2n) is 2.91. The minimum atomic E-state index is -1.04. The smallest absolute Gasteiger partial charge is 0.358 e. The first-order valence-corrected chi connectivity index (χ1v) is 5.96. The summed E-state index contributed by atoms with van der Waals surface area (Å²) < 4.78 is 1.52. The van der Waals surface area contributed by atoms with Crippen LogP contribution in [0, 0.1) is 0 Å². The van der Waals surface area contributed by atoms with Crippen molar-refractivity contribution in [2.45, 2.75) is 6.54 Å². The van der Waals surface area contributed by atoms with E-state index in [4.69, 9.17) is 5.11 Å². The highest BCUT2D eigenvalue weighted by atomic mass is 32.2. The third-order valence-corrected chi connectivity index (χ3v) is 2.37. The predicted molar refractivity (Wildman–Crippen MR) is 58.2 cm³/mol. The molecule has 7 heteroatoms. The molecular formula is C8H14N4O2S. The Morgan fingerprint density at radius 2 is 2.47 bits per heavy atom. The number of hydrogen-bond acceptors (Lipinski definition) is 5. The Hall–Kier alpha value is -1.08. The van der Waals surface area contributed by atoms with Crippen LogP contribution in [0.15, 0.2) is 6.20 Å². The van der Waals surface area contributed by atoms with E-state index < -0.39 is 5.97 Å². The zero-order chi connectivity index (χ0) is 11.1. The molecule has 0 saturated heterocycles. The summed E-state index contributed by atoms with van der Waals surface area (Å²) in [5.74, 6) is 0.0224. The highest BCUT2D eigenvalue weighted by molar-refractivity contribution is 7.98. The summed E-state index contributed by atoms with van der Waals surface area (Å²) in [6.45, 7) is 2.35. The number of thioether (sulfide) groups is 1. The summed E-state index contributed by atoms with van der Waals surface area (Å²) in [6.07, 6.45) is 3.48. The zero-order valence-electron chi connectivity index (χ0n) is 8.51. The quantitative estimate of drug-likeness (QED) is 0.638. The Bertz CT molecular complexity index is 315. The Morgan fingerprint density at radius 3 is 3.07 bits per heavy atom. The third kappa shape index (κ3) is 4.30. The van der Waals surface area contributed by atoms with Gasteiger partial charge in [0.1, 0.15) is 0 Å². The molecule has 0 bridgehead atoms. The van der Waals surface area contributed by atoms with Gasteiger partial charge in [-0.15, -0.1) is 5.10 Å². The van der Waals surface area contributed by atoms with Crippen molar-refractivity contribution in [1.82, 2.24) is 20.3 Å². The number of rotatable bonds is 7. The molecule has 0 aliphatic carbocycles. The lowest BCUT2D eigenvalue weighted by molar-refractivity contribution is 0.0690. The van der Waals surface area contributed by atoms with Crippen LogP contribution in [0.4, 0.5) is 0 Å². The predicted octanol–water partition coefficient (Wildman–Crippen LogP) is -0.0711. The second kappa shape index (κ2) is 6.41. The summed E-state index contributed by atoms with van der Waals surface area (Å²) in [6, 6.07) is 0. The van der Waals surface area contributed by atoms with E-state index in [1.165, 1.54) is 10.9 Å². The van der Waals surface area contributed by atoms with Gasteiger partial charge in [-0.05, 0) is 6.26 Å². The molecule has 6 nitrogen and oxygen atoms in total. The van der Waals surface area contributed by atoms with Gasteiger partial charge in [0.2, 0.25) is 0 Å². The highest BCUT2D eigenvalue weighted by Crippen LogP contribution is 1.92. The molecule has 0 radical (unpaired) electrons. The molecule has 0 atom stereocenters. The van der Waals surface area contributed by atoms with Crippen LogP contribution in [0.3, 0.4) is 0 Å². The second-order valence-corrected chi connectivity index (χ2v) is 3.90. The number of carbonyl (C=O) groups is 1. The SMILES string of the molecule is CSCCNCCn1cc(C(=O)O)nn1. The molecule has 1 rings (SSSR count). The maximum absolute atomic E-state index is 10.5. The molecule has 0 unspecified atom stereocenters. The monoisotopic (exact) mass is 230 g/mol. The fourth-order valence-corrected chi connectivity index (χ4v) is 1.35. The van der Waals surface area contributed by atoms with Crippen LogP contribution in [0.5, 0.6) is 0 Å². The number of hydrogen-bond donors (Lipinski definition) is 2. The van der Waals surface area contributed by atoms with Gasteiger partial charge in [-0.3, -0.25) is 4.68 Å². The number of nitrogens with one attached hydrogen (secondary N) is 1. The maximum atomic E-state index is 10.5. The van der Waals surface area contributed by atoms with Crippen molar-refractivity contribution in [2.75, 3.05) is 25.1 Å². The van der Waals surface area contributed by atoms with Crippen molar-refractivity contribution in [1.29, 1.82) is 0 Å². The number of carboxylic acids is 1. The van der Waals surface area contributed by atoms with E-state index in [0.717, 1.165) is 18.8 Å². The van der Waals surface area contributed by atoms with Crippen molar-refractivity contribution in [2.24, 2.45) is 0 Å². The molecule has 0 aliphatic heterocycles. The van der Waals surface area contributed by atoms with Crippen LogP contribution in [-0.4, -0.2) is 51.2 Å². The van der Waals surface area contributed by atoms with Gasteiger partial charge in [0.05, 0.1) is 12.7 Å². The molecule has 15 heavy (non-hydrogen) atoms. The number of nitrogens with zero attached hydrogens (tertiary/aromatic N) is 3. The molecule has 0 amide bonds. The normalized spacial score (nSPS) is 10.5. The van der Waals surface area contributed by atoms with E-state index in [-0.39, 0.29) is 5.69 Å². The molecule has 0 aromatic carbocycles. The summed E-state index contributed by atoms with van der Waals surface area (Å²) in [5.41, 5.74) is -0.0147. The van der Waals surface area contributed by atoms with Crippen LogP contribution >= 0.6 is 11.8 Å². The van der Waals surface area contributed by atoms with Crippen molar-refractivity contribution in [3.63, 3.8) is 0 Å². The minimum Gasteiger partial charge on any atom is -0.476 e. The largest absolute Gasteiger partial charge is 0.476 e. The molecule has 0 saturated carbocycles. The van der Waals surface area contributed by atoms with Crippen LogP contribution in [-0.2, 0) is 6.54 Å². The third-order valence-electron chi connectivity index (χ3n) is 1.76. The summed E-state index contributed by atoms with van der Waals surface area (Å²) in [5, 5.41) is 19.0. The highest BCUT2D eigenvalue weighted by Gasteiger charge is 2.07. The Balaban J connectivity index is 2.23. The van der Waals surface area contributed by atoms with Crippen LogP contribution < -0.4 is 5.32 Å². The van der Waals surface area contributed by atoms with Crippen molar-refractivity contribution in [3.8, 4) is 0 Å². The van der Waals surface area contributed by atoms with E-state index in [1.807, 2.05) is 0 Å². The lowest BCUT2D eigenvalue weighted by Gasteiger charge is -2.02. The lowest BCUT2D eigenvalue weighted by Crippen LogP contribution is -2.22. The average molecular weight is 230 g/mol. The van der Waals surface area contributed by atoms with Gasteiger partial charge in [-0.1, -0.05) is 5.21 Å². The van der Waals surface area contributed by atoms with Gasteiger partial charge in [0, 0.05) is 18.8 Å². The topological polar surface area (TPSA) is 80.0 Å². The summed E-state index contributed by atoms with van der Waals surface area (Å²) in [7, 11) is 0. The molecule has 0 spiro atoms. The minimum absolute atomic E-state index is 0.0147. The number of aromatic nitrogens is 3. The fourth-order valence-electron chi connectivity index (χ4n) is 0.999. The number of aromatic carboxylic acids is 1. The van der Waals surface area contributed by atoms with Crippen LogP contribution in [0.1, 0.15) is 10.5 Å². The fraction of sp³-hybridized carbons (Fsp3) is 0.625. The molecule has 1 aromatic heterocycles.